The summed E-state index contributed by atoms with van der Waals surface area (Å²) in [5.41, 5.74) is 0. The molecule has 0 aromatic heterocycles. The fourth-order valence-corrected chi connectivity index (χ4v) is 0. The molecule has 0 bridgehead atoms. The fraction of sp³-hybridized carbons (Fsp3) is 0. The van der Waals surface area contributed by atoms with E-state index in [9.17, 15) is 0 Å². The average molecular weight is 709 g/mol. The molecule has 0 atom stereocenters. The number of hydrogen-bond acceptors (Lipinski definition) is 15. The van der Waals surface area contributed by atoms with Crippen molar-refractivity contribution in [3.05, 3.63) is 0 Å². The topological polar surface area (TPSA) is 1150 Å². The second kappa shape index (κ2) is 339. The van der Waals surface area contributed by atoms with Crippen LogP contribution in [-0.2, 0) is 0 Å². The van der Waals surface area contributed by atoms with Crippen LogP contribution in [0.5, 0.6) is 0 Å². The van der Waals surface area contributed by atoms with E-state index in [1.807, 2.05) is 0 Å². The molecular weight excluding hydrogens is 632 g/mol. The molecule has 0 aliphatic carbocycles. The Balaban J connectivity index is -0.00000000222. The number of quaternary nitrogens is 15. The van der Waals surface area contributed by atoms with Gasteiger partial charge in [0.25, 0.3) is 0 Å². The van der Waals surface area contributed by atoms with E-state index in [1.54, 1.807) is 0 Å². The largest absolute Gasteiger partial charge is 0.907 e. The van der Waals surface area contributed by atoms with Gasteiger partial charge in [0.05, 0.1) is 0 Å². The minimum Gasteiger partial charge on any atom is -0.907 e. The summed E-state index contributed by atoms with van der Waals surface area (Å²) in [6.45, 7) is 0. The quantitative estimate of drug-likeness (QED) is 0.104. The van der Waals surface area contributed by atoms with Crippen LogP contribution in [0, 0.1) is 0 Å². The Hall–Kier alpha value is -1.20. The van der Waals surface area contributed by atoms with E-state index < -0.39 is 36.6 Å². The van der Waals surface area contributed by atoms with Crippen LogP contribution in [0.4, 0.5) is 0 Å². The zero-order chi connectivity index (χ0) is 17.9. The lowest BCUT2D eigenvalue weighted by molar-refractivity contribution is -0.481. The van der Waals surface area contributed by atoms with Crippen molar-refractivity contribution in [2.75, 3.05) is 0 Å². The maximum atomic E-state index is 8.42. The summed E-state index contributed by atoms with van der Waals surface area (Å²) in [6, 6.07) is 0. The van der Waals surface area contributed by atoms with Crippen LogP contribution in [0.1, 0.15) is 0 Å². The van der Waals surface area contributed by atoms with Gasteiger partial charge in [0.2, 0.25) is 0 Å². The summed E-state index contributed by atoms with van der Waals surface area (Å²) in [4.78, 5) is 0. The summed E-state index contributed by atoms with van der Waals surface area (Å²) in [5.74, 6) is 0. The fourth-order valence-electron chi connectivity index (χ4n) is 0. The molecule has 76 N–H and O–H groups in total. The van der Waals surface area contributed by atoms with E-state index in [-0.39, 0.29) is 136 Å². The van der Waals surface area contributed by atoms with Crippen LogP contribution in [0.3, 0.4) is 0 Å². The Kier molecular flexibility index (Phi) is 2880. The van der Waals surface area contributed by atoms with E-state index in [0.717, 1.165) is 0 Å². The van der Waals surface area contributed by atoms with Crippen molar-refractivity contribution in [3.8, 4) is 0 Å². The van der Waals surface area contributed by atoms with Crippen molar-refractivity contribution in [1.29, 1.82) is 0 Å². The third kappa shape index (κ3) is 43000. The van der Waals surface area contributed by atoms with E-state index in [1.165, 1.54) is 0 Å². The van der Waals surface area contributed by atoms with Crippen LogP contribution in [0.25, 0.3) is 0 Å². The smallest absolute Gasteiger partial charge is 0.278 e. The lowest BCUT2D eigenvalue weighted by atomic mass is 10.3. The van der Waals surface area contributed by atoms with Crippen molar-refractivity contribution in [2.24, 2.45) is 0 Å². The number of rotatable bonds is 0. The first-order valence-corrected chi connectivity index (χ1v) is 3.54. The van der Waals surface area contributed by atoms with Crippen molar-refractivity contribution in [2.45, 2.75) is 0 Å². The van der Waals surface area contributed by atoms with Gasteiger partial charge in [-0.1, -0.05) is 0 Å². The van der Waals surface area contributed by atoms with Gasteiger partial charge in [-0.25, -0.2) is 0 Å². The van der Waals surface area contributed by atoms with Gasteiger partial charge >= 0.3 is 0 Å². The zero-order valence-electron chi connectivity index (χ0n) is 28.0. The van der Waals surface area contributed by atoms with Gasteiger partial charge < -0.3 is 211 Å². The summed E-state index contributed by atoms with van der Waals surface area (Å²) >= 11 is 0. The van der Waals surface area contributed by atoms with Gasteiger partial charge in [0, 0.05) is 0 Å². The molecule has 43 heavy (non-hydrogen) atoms. The molecule has 0 radical (unpaired) electrons. The average Bonchev–Trinajstić information content (AvgIpc) is 1.94. The molecule has 0 aromatic rings. The van der Waals surface area contributed by atoms with Gasteiger partial charge in [-0.05, 0) is 0 Å². The molecule has 0 saturated carbocycles. The molecule has 0 unspecified atom stereocenters. The molecule has 0 fully saturated rings. The van der Waals surface area contributed by atoms with Gasteiger partial charge in [0.1, 0.15) is 0 Å². The highest BCUT2D eigenvalue weighted by Gasteiger charge is 1.18. The summed E-state index contributed by atoms with van der Waals surface area (Å²) < 4.78 is 0. The van der Waals surface area contributed by atoms with Crippen molar-refractivity contribution in [1.82, 2.24) is 92.3 Å². The number of hydrogen-bond donors (Lipinski definition) is 15. The van der Waals surface area contributed by atoms with E-state index in [4.69, 9.17) is 75.4 Å². The van der Waals surface area contributed by atoms with Crippen LogP contribution >= 0.6 is 0 Å². The maximum absolute atomic E-state index is 8.42. The first-order chi connectivity index (χ1) is 8.66. The summed E-state index contributed by atoms with van der Waals surface area (Å²) in [5, 5.41) is 126. The van der Waals surface area contributed by atoms with Gasteiger partial charge in [0.15, 0.2) is 0 Å². The molecule has 0 aliphatic rings. The van der Waals surface area contributed by atoms with Crippen molar-refractivity contribution < 1.29 is 119 Å². The van der Waals surface area contributed by atoms with Crippen LogP contribution in [-0.4, -0.2) is 80.4 Å². The third-order valence-corrected chi connectivity index (χ3v) is 0. The molecular formula is H76B5N15O23. The Labute approximate surface area is 249 Å². The van der Waals surface area contributed by atoms with Crippen molar-refractivity contribution in [3.63, 3.8) is 0 Å². The second-order valence-corrected chi connectivity index (χ2v) is 1.44. The van der Waals surface area contributed by atoms with Gasteiger partial charge in [-0.3, -0.25) is 36.6 Å². The minimum absolute atomic E-state index is 0. The molecule has 0 spiro atoms. The molecule has 0 aliphatic heterocycles. The highest BCUT2D eigenvalue weighted by Crippen LogP contribution is 1.01. The normalized spacial score (nSPS) is 3.14. The Morgan fingerprint density at radius 2 is 0.140 bits per heavy atom. The molecule has 0 saturated heterocycles. The van der Waals surface area contributed by atoms with E-state index >= 15 is 0 Å². The minimum atomic E-state index is -2.92. The monoisotopic (exact) mass is 710 g/mol. The molecule has 0 aromatic carbocycles. The summed E-state index contributed by atoms with van der Waals surface area (Å²) in [6.07, 6.45) is 0. The highest BCUT2D eigenvalue weighted by atomic mass is 16.5. The van der Waals surface area contributed by atoms with Gasteiger partial charge in [-0.15, -0.1) is 0 Å². The first-order valence-electron chi connectivity index (χ1n) is 3.54. The molecule has 43 heteroatoms. The standard InChI is InChI=1S/5BO3.15H3N.8H2O/c5*2-1(3)4;;;;;;;;;;;;;;;;;;;;;;;/h;;;;;15*1H3;8*1H2/q5*-3;;;;;;;;;;;;;;;;;;;;;;;/p+15. The Morgan fingerprint density at radius 3 is 0.140 bits per heavy atom. The van der Waals surface area contributed by atoms with Crippen LogP contribution in [0.15, 0.2) is 0 Å². The Bertz CT molecular complexity index is 118. The van der Waals surface area contributed by atoms with Crippen molar-refractivity contribution >= 4 is 36.6 Å². The van der Waals surface area contributed by atoms with E-state index in [2.05, 4.69) is 0 Å². The van der Waals surface area contributed by atoms with Gasteiger partial charge in [-0.2, -0.15) is 0 Å². The lowest BCUT2D eigenvalue weighted by Gasteiger charge is -2.35. The van der Waals surface area contributed by atoms with Crippen LogP contribution < -0.4 is 168 Å². The predicted octanol–water partition coefficient (Wildman–Crippen LogP) is -20.7. The highest BCUT2D eigenvalue weighted by molar-refractivity contribution is 6.24. The lowest BCUT2D eigenvalue weighted by Crippen LogP contribution is -2.56. The first kappa shape index (κ1) is 365. The second-order valence-electron chi connectivity index (χ2n) is 1.44. The summed E-state index contributed by atoms with van der Waals surface area (Å²) in [7, 11) is -14.6. The Morgan fingerprint density at radius 1 is 0.140 bits per heavy atom. The predicted molar refractivity (Wildman–Crippen MR) is 147 cm³/mol. The molecule has 304 valence electrons. The van der Waals surface area contributed by atoms with E-state index in [0.29, 0.717) is 0 Å². The molecule has 0 amide bonds. The maximum Gasteiger partial charge on any atom is -0.278 e. The third-order valence-electron chi connectivity index (χ3n) is 0. The molecule has 38 nitrogen and oxygen atoms in total. The zero-order valence-corrected chi connectivity index (χ0v) is 28.0. The SMILES string of the molecule is O.O.O.O.O.O.O.O.[NH4+].[NH4+].[NH4+].[NH4+].[NH4+].[NH4+].[NH4+].[NH4+].[NH4+].[NH4+].[NH4+].[NH4+].[NH4+].[NH4+].[NH4+].[O-]B([O-])[O-].[O-]B([O-])[O-].[O-]B([O-])[O-].[O-]B([O-])[O-].[O-]B([O-])[O-]. The molecule has 0 rings (SSSR count). The molecule has 0 heterocycles. The van der Waals surface area contributed by atoms with Crippen LogP contribution in [0.2, 0.25) is 0 Å².